The summed E-state index contributed by atoms with van der Waals surface area (Å²) in [6, 6.07) is 0. The van der Waals surface area contributed by atoms with Gasteiger partial charge >= 0.3 is 0 Å². The van der Waals surface area contributed by atoms with Crippen LogP contribution in [0.25, 0.3) is 0 Å². The molecule has 0 radical (unpaired) electrons. The molecular weight excluding hydrogens is 202 g/mol. The van der Waals surface area contributed by atoms with Gasteiger partial charge in [0, 0.05) is 24.0 Å². The monoisotopic (exact) mass is 227 g/mol. The fourth-order valence-corrected chi connectivity index (χ4v) is 1.66. The normalized spacial score (nSPS) is 19.4. The van der Waals surface area contributed by atoms with Crippen molar-refractivity contribution in [1.29, 1.82) is 0 Å². The minimum atomic E-state index is -0.216. The van der Waals surface area contributed by atoms with Crippen LogP contribution < -0.4 is 11.1 Å². The first kappa shape index (κ1) is 13.5. The van der Waals surface area contributed by atoms with E-state index in [1.807, 2.05) is 14.1 Å². The second kappa shape index (κ2) is 4.72. The third-order valence-corrected chi connectivity index (χ3v) is 3.79. The van der Waals surface area contributed by atoms with Crippen LogP contribution in [0.1, 0.15) is 39.5 Å². The summed E-state index contributed by atoms with van der Waals surface area (Å²) in [4.78, 5) is 13.8. The molecule has 94 valence electrons. The molecule has 1 fully saturated rings. The molecule has 0 aliphatic heterocycles. The van der Waals surface area contributed by atoms with Crippen LogP contribution in [-0.4, -0.2) is 42.5 Å². The van der Waals surface area contributed by atoms with E-state index in [-0.39, 0.29) is 17.0 Å². The maximum atomic E-state index is 11.7. The maximum absolute atomic E-state index is 11.7. The predicted molar refractivity (Wildman–Crippen MR) is 66.2 cm³/mol. The van der Waals surface area contributed by atoms with Gasteiger partial charge in [0.15, 0.2) is 0 Å². The summed E-state index contributed by atoms with van der Waals surface area (Å²) < 4.78 is 0. The lowest BCUT2D eigenvalue weighted by Crippen LogP contribution is -2.52. The number of nitrogens with zero attached hydrogens (tertiary/aromatic N) is 1. The highest BCUT2D eigenvalue weighted by Crippen LogP contribution is 2.31. The van der Waals surface area contributed by atoms with Gasteiger partial charge < -0.3 is 16.0 Å². The number of likely N-dealkylation sites (N-methyl/N-ethyl adjacent to an activating group) is 1. The Morgan fingerprint density at radius 1 is 1.44 bits per heavy atom. The molecule has 1 aliphatic rings. The van der Waals surface area contributed by atoms with E-state index in [0.29, 0.717) is 13.0 Å². The lowest BCUT2D eigenvalue weighted by Gasteiger charge is -2.38. The molecular formula is C12H25N3O. The molecule has 0 heterocycles. The Morgan fingerprint density at radius 2 is 2.00 bits per heavy atom. The van der Waals surface area contributed by atoms with Crippen molar-refractivity contribution in [3.8, 4) is 0 Å². The number of hydrogen-bond acceptors (Lipinski definition) is 3. The van der Waals surface area contributed by atoms with Crippen LogP contribution in [0.15, 0.2) is 0 Å². The molecule has 1 amide bonds. The summed E-state index contributed by atoms with van der Waals surface area (Å²) in [6.07, 6.45) is 3.60. The second-order valence-corrected chi connectivity index (χ2v) is 5.88. The van der Waals surface area contributed by atoms with Crippen molar-refractivity contribution in [2.75, 3.05) is 20.6 Å². The third kappa shape index (κ3) is 3.46. The van der Waals surface area contributed by atoms with Crippen LogP contribution in [0.2, 0.25) is 0 Å². The molecule has 0 aromatic rings. The average molecular weight is 227 g/mol. The largest absolute Gasteiger partial charge is 0.354 e. The van der Waals surface area contributed by atoms with Crippen molar-refractivity contribution in [2.24, 2.45) is 5.73 Å². The van der Waals surface area contributed by atoms with Gasteiger partial charge in [-0.15, -0.1) is 0 Å². The molecule has 0 atom stereocenters. The summed E-state index contributed by atoms with van der Waals surface area (Å²) in [5, 5.41) is 2.97. The number of hydrogen-bond donors (Lipinski definition) is 2. The zero-order valence-corrected chi connectivity index (χ0v) is 11.0. The first-order valence-corrected chi connectivity index (χ1v) is 5.98. The minimum absolute atomic E-state index is 0.0168. The number of rotatable bonds is 5. The quantitative estimate of drug-likeness (QED) is 0.727. The van der Waals surface area contributed by atoms with Crippen molar-refractivity contribution in [1.82, 2.24) is 10.2 Å². The summed E-state index contributed by atoms with van der Waals surface area (Å²) in [6.45, 7) is 4.87. The molecule has 0 spiro atoms. The van der Waals surface area contributed by atoms with Crippen LogP contribution in [0.5, 0.6) is 0 Å². The van der Waals surface area contributed by atoms with Gasteiger partial charge in [-0.2, -0.15) is 0 Å². The minimum Gasteiger partial charge on any atom is -0.354 e. The zero-order valence-electron chi connectivity index (χ0n) is 11.0. The third-order valence-electron chi connectivity index (χ3n) is 3.79. The van der Waals surface area contributed by atoms with E-state index < -0.39 is 0 Å². The van der Waals surface area contributed by atoms with Crippen molar-refractivity contribution >= 4 is 5.91 Å². The smallest absolute Gasteiger partial charge is 0.221 e. The lowest BCUT2D eigenvalue weighted by molar-refractivity contribution is -0.123. The number of carbonyl (C=O) groups excluding carboxylic acids is 1. The molecule has 0 aromatic heterocycles. The van der Waals surface area contributed by atoms with E-state index in [2.05, 4.69) is 24.1 Å². The molecule has 0 unspecified atom stereocenters. The van der Waals surface area contributed by atoms with Gasteiger partial charge in [-0.3, -0.25) is 4.79 Å². The van der Waals surface area contributed by atoms with Gasteiger partial charge in [0.2, 0.25) is 5.91 Å². The van der Waals surface area contributed by atoms with Crippen molar-refractivity contribution in [3.63, 3.8) is 0 Å². The van der Waals surface area contributed by atoms with E-state index in [9.17, 15) is 4.79 Å². The molecule has 0 bridgehead atoms. The van der Waals surface area contributed by atoms with Crippen molar-refractivity contribution < 1.29 is 4.79 Å². The van der Waals surface area contributed by atoms with Gasteiger partial charge in [-0.05, 0) is 47.2 Å². The highest BCUT2D eigenvalue weighted by molar-refractivity contribution is 5.77. The Bertz CT molecular complexity index is 257. The van der Waals surface area contributed by atoms with Gasteiger partial charge in [-0.1, -0.05) is 0 Å². The van der Waals surface area contributed by atoms with Crippen LogP contribution >= 0.6 is 0 Å². The van der Waals surface area contributed by atoms with Crippen molar-refractivity contribution in [2.45, 2.75) is 50.6 Å². The highest BCUT2D eigenvalue weighted by Gasteiger charge is 2.34. The predicted octanol–water partition coefficient (Wildman–Crippen LogP) is 0.714. The fraction of sp³-hybridized carbons (Fsp3) is 0.917. The van der Waals surface area contributed by atoms with E-state index in [4.69, 9.17) is 5.73 Å². The first-order valence-electron chi connectivity index (χ1n) is 5.98. The Morgan fingerprint density at radius 3 is 2.38 bits per heavy atom. The molecule has 4 heteroatoms. The molecule has 0 saturated heterocycles. The molecule has 16 heavy (non-hydrogen) atoms. The zero-order chi connectivity index (χ0) is 12.4. The topological polar surface area (TPSA) is 58.4 Å². The Hall–Kier alpha value is -0.610. The van der Waals surface area contributed by atoms with E-state index >= 15 is 0 Å². The van der Waals surface area contributed by atoms with Crippen LogP contribution in [0, 0.1) is 0 Å². The maximum Gasteiger partial charge on any atom is 0.221 e. The highest BCUT2D eigenvalue weighted by atomic mass is 16.1. The number of carbonyl (C=O) groups is 1. The summed E-state index contributed by atoms with van der Waals surface area (Å²) in [5.41, 5.74) is 5.80. The molecule has 4 nitrogen and oxygen atoms in total. The number of amides is 1. The standard InChI is InChI=1S/C12H25N3O/c1-11(2,15(3)4)9-14-10(16)8-12(13)6-5-7-12/h5-9,13H2,1-4H3,(H,14,16). The Kier molecular flexibility index (Phi) is 3.97. The van der Waals surface area contributed by atoms with E-state index in [1.165, 1.54) is 0 Å². The van der Waals surface area contributed by atoms with Gasteiger partial charge in [0.25, 0.3) is 0 Å². The number of nitrogens with one attached hydrogen (secondary N) is 1. The number of nitrogens with two attached hydrogens (primary N) is 1. The average Bonchev–Trinajstić information content (AvgIpc) is 2.12. The van der Waals surface area contributed by atoms with Gasteiger partial charge in [-0.25, -0.2) is 0 Å². The molecule has 1 rings (SSSR count). The molecule has 1 aliphatic carbocycles. The Labute approximate surface area is 98.6 Å². The summed E-state index contributed by atoms with van der Waals surface area (Å²) in [7, 11) is 4.03. The van der Waals surface area contributed by atoms with Crippen molar-refractivity contribution in [3.05, 3.63) is 0 Å². The lowest BCUT2D eigenvalue weighted by atomic mass is 9.75. The Balaban J connectivity index is 2.30. The van der Waals surface area contributed by atoms with Gasteiger partial charge in [0.05, 0.1) is 0 Å². The van der Waals surface area contributed by atoms with Crippen LogP contribution in [0.4, 0.5) is 0 Å². The summed E-state index contributed by atoms with van der Waals surface area (Å²) in [5.74, 6) is 0.0807. The fourth-order valence-electron chi connectivity index (χ4n) is 1.66. The second-order valence-electron chi connectivity index (χ2n) is 5.88. The van der Waals surface area contributed by atoms with Crippen LogP contribution in [-0.2, 0) is 4.79 Å². The van der Waals surface area contributed by atoms with E-state index in [0.717, 1.165) is 19.3 Å². The SMILES string of the molecule is CN(C)C(C)(C)CNC(=O)CC1(N)CCC1. The first-order chi connectivity index (χ1) is 7.25. The molecule has 0 aromatic carbocycles. The molecule has 3 N–H and O–H groups in total. The van der Waals surface area contributed by atoms with E-state index in [1.54, 1.807) is 0 Å². The van der Waals surface area contributed by atoms with Gasteiger partial charge in [0.1, 0.15) is 0 Å². The molecule has 1 saturated carbocycles. The summed E-state index contributed by atoms with van der Waals surface area (Å²) >= 11 is 0. The van der Waals surface area contributed by atoms with Crippen LogP contribution in [0.3, 0.4) is 0 Å².